The fourth-order valence-electron chi connectivity index (χ4n) is 1.59. The van der Waals surface area contributed by atoms with E-state index in [0.717, 1.165) is 18.5 Å². The molecule has 0 amide bonds. The van der Waals surface area contributed by atoms with E-state index in [9.17, 15) is 4.79 Å². The Morgan fingerprint density at radius 1 is 1.47 bits per heavy atom. The molecule has 1 rings (SSSR count). The van der Waals surface area contributed by atoms with Crippen molar-refractivity contribution in [1.29, 1.82) is 0 Å². The van der Waals surface area contributed by atoms with Crippen molar-refractivity contribution in [3.8, 4) is 0 Å². The highest BCUT2D eigenvalue weighted by molar-refractivity contribution is 5.76. The van der Waals surface area contributed by atoms with Crippen LogP contribution in [-0.4, -0.2) is 25.7 Å². The van der Waals surface area contributed by atoms with Gasteiger partial charge in [0.05, 0.1) is 7.11 Å². The van der Waals surface area contributed by atoms with Crippen molar-refractivity contribution in [2.24, 2.45) is 0 Å². The van der Waals surface area contributed by atoms with E-state index in [4.69, 9.17) is 4.74 Å². The smallest absolute Gasteiger partial charge is 0.323 e. The van der Waals surface area contributed by atoms with Gasteiger partial charge in [-0.25, -0.2) is 0 Å². The SMILES string of the molecule is C=CCCNC(Cc1ccccc1)C(=O)OC. The van der Waals surface area contributed by atoms with Crippen LogP contribution in [0.4, 0.5) is 0 Å². The summed E-state index contributed by atoms with van der Waals surface area (Å²) in [5.41, 5.74) is 1.12. The van der Waals surface area contributed by atoms with E-state index in [1.165, 1.54) is 7.11 Å². The molecule has 0 heterocycles. The molecule has 3 nitrogen and oxygen atoms in total. The average molecular weight is 233 g/mol. The van der Waals surface area contributed by atoms with E-state index in [-0.39, 0.29) is 12.0 Å². The lowest BCUT2D eigenvalue weighted by molar-refractivity contribution is -0.143. The highest BCUT2D eigenvalue weighted by Gasteiger charge is 2.18. The number of rotatable bonds is 7. The summed E-state index contributed by atoms with van der Waals surface area (Å²) < 4.78 is 4.79. The van der Waals surface area contributed by atoms with Crippen molar-refractivity contribution in [1.82, 2.24) is 5.32 Å². The second-order valence-corrected chi connectivity index (χ2v) is 3.80. The quantitative estimate of drug-likeness (QED) is 0.444. The van der Waals surface area contributed by atoms with Gasteiger partial charge in [0.15, 0.2) is 0 Å². The van der Waals surface area contributed by atoms with Gasteiger partial charge >= 0.3 is 5.97 Å². The van der Waals surface area contributed by atoms with Gasteiger partial charge in [-0.15, -0.1) is 6.58 Å². The number of carbonyl (C=O) groups excluding carboxylic acids is 1. The summed E-state index contributed by atoms with van der Waals surface area (Å²) in [5, 5.41) is 3.17. The van der Waals surface area contributed by atoms with E-state index in [1.54, 1.807) is 0 Å². The third-order valence-electron chi connectivity index (χ3n) is 2.51. The average Bonchev–Trinajstić information content (AvgIpc) is 2.38. The summed E-state index contributed by atoms with van der Waals surface area (Å²) in [5.74, 6) is -0.224. The number of esters is 1. The Balaban J connectivity index is 2.57. The third kappa shape index (κ3) is 4.83. The van der Waals surface area contributed by atoms with Gasteiger partial charge in [0.25, 0.3) is 0 Å². The molecule has 17 heavy (non-hydrogen) atoms. The molecule has 0 saturated heterocycles. The van der Waals surface area contributed by atoms with Crippen molar-refractivity contribution in [3.05, 3.63) is 48.6 Å². The van der Waals surface area contributed by atoms with Crippen molar-refractivity contribution in [3.63, 3.8) is 0 Å². The molecule has 1 aromatic rings. The molecule has 1 atom stereocenters. The molecule has 92 valence electrons. The number of methoxy groups -OCH3 is 1. The van der Waals surface area contributed by atoms with E-state index in [2.05, 4.69) is 11.9 Å². The van der Waals surface area contributed by atoms with Gasteiger partial charge in [-0.3, -0.25) is 4.79 Å². The molecule has 0 aromatic heterocycles. The summed E-state index contributed by atoms with van der Waals surface area (Å²) in [6.07, 6.45) is 3.30. The zero-order chi connectivity index (χ0) is 12.5. The van der Waals surface area contributed by atoms with Crippen LogP contribution in [0.5, 0.6) is 0 Å². The maximum Gasteiger partial charge on any atom is 0.323 e. The largest absolute Gasteiger partial charge is 0.468 e. The molecular formula is C14H19NO2. The Morgan fingerprint density at radius 2 is 2.18 bits per heavy atom. The van der Waals surface area contributed by atoms with Crippen molar-refractivity contribution < 1.29 is 9.53 Å². The number of hydrogen-bond donors (Lipinski definition) is 1. The first-order chi connectivity index (χ1) is 8.27. The highest BCUT2D eigenvalue weighted by Crippen LogP contribution is 2.04. The van der Waals surface area contributed by atoms with E-state index in [1.807, 2.05) is 36.4 Å². The monoisotopic (exact) mass is 233 g/mol. The molecule has 0 aliphatic carbocycles. The van der Waals surface area contributed by atoms with Crippen LogP contribution in [0, 0.1) is 0 Å². The topological polar surface area (TPSA) is 38.3 Å². The highest BCUT2D eigenvalue weighted by atomic mass is 16.5. The molecule has 1 aromatic carbocycles. The lowest BCUT2D eigenvalue weighted by atomic mass is 10.1. The molecule has 0 aliphatic heterocycles. The minimum Gasteiger partial charge on any atom is -0.468 e. The molecule has 0 radical (unpaired) electrons. The first-order valence-corrected chi connectivity index (χ1v) is 5.74. The molecule has 0 fully saturated rings. The maximum atomic E-state index is 11.6. The molecular weight excluding hydrogens is 214 g/mol. The Morgan fingerprint density at radius 3 is 2.76 bits per heavy atom. The van der Waals surface area contributed by atoms with Crippen molar-refractivity contribution in [2.45, 2.75) is 18.9 Å². The zero-order valence-electron chi connectivity index (χ0n) is 10.2. The van der Waals surface area contributed by atoms with Gasteiger partial charge in [0.1, 0.15) is 6.04 Å². The number of carbonyl (C=O) groups is 1. The molecule has 3 heteroatoms. The molecule has 0 bridgehead atoms. The second-order valence-electron chi connectivity index (χ2n) is 3.80. The molecule has 0 saturated carbocycles. The van der Waals surface area contributed by atoms with E-state index < -0.39 is 0 Å². The lowest BCUT2D eigenvalue weighted by Gasteiger charge is -2.16. The van der Waals surface area contributed by atoms with Crippen LogP contribution < -0.4 is 5.32 Å². The van der Waals surface area contributed by atoms with Crippen molar-refractivity contribution >= 4 is 5.97 Å². The number of hydrogen-bond acceptors (Lipinski definition) is 3. The Labute approximate surface area is 102 Å². The Bertz CT molecular complexity index is 348. The summed E-state index contributed by atoms with van der Waals surface area (Å²) in [6, 6.07) is 9.61. The zero-order valence-corrected chi connectivity index (χ0v) is 10.2. The van der Waals surface area contributed by atoms with Gasteiger partial charge in [-0.05, 0) is 24.9 Å². The lowest BCUT2D eigenvalue weighted by Crippen LogP contribution is -2.39. The van der Waals surface area contributed by atoms with Crippen LogP contribution in [0.15, 0.2) is 43.0 Å². The van der Waals surface area contributed by atoms with Gasteiger partial charge in [-0.1, -0.05) is 36.4 Å². The normalized spacial score (nSPS) is 11.8. The van der Waals surface area contributed by atoms with Crippen LogP contribution in [0.1, 0.15) is 12.0 Å². The van der Waals surface area contributed by atoms with Crippen LogP contribution in [-0.2, 0) is 16.0 Å². The second kappa shape index (κ2) is 7.63. The van der Waals surface area contributed by atoms with Gasteiger partial charge in [0, 0.05) is 0 Å². The molecule has 1 N–H and O–H groups in total. The minimum atomic E-state index is -0.289. The number of ether oxygens (including phenoxy) is 1. The standard InChI is InChI=1S/C14H19NO2/c1-3-4-10-15-13(14(16)17-2)11-12-8-6-5-7-9-12/h3,5-9,13,15H,1,4,10-11H2,2H3. The van der Waals surface area contributed by atoms with Crippen molar-refractivity contribution in [2.75, 3.05) is 13.7 Å². The molecule has 0 aliphatic rings. The minimum absolute atomic E-state index is 0.224. The summed E-state index contributed by atoms with van der Waals surface area (Å²) in [7, 11) is 1.41. The summed E-state index contributed by atoms with van der Waals surface area (Å²) in [4.78, 5) is 11.6. The van der Waals surface area contributed by atoms with Crippen LogP contribution in [0.3, 0.4) is 0 Å². The van der Waals surface area contributed by atoms with Crippen LogP contribution >= 0.6 is 0 Å². The number of nitrogens with one attached hydrogen (secondary N) is 1. The van der Waals surface area contributed by atoms with Gasteiger partial charge in [-0.2, -0.15) is 0 Å². The fraction of sp³-hybridized carbons (Fsp3) is 0.357. The van der Waals surface area contributed by atoms with Gasteiger partial charge in [0.2, 0.25) is 0 Å². The Kier molecular flexibility index (Phi) is 6.04. The van der Waals surface area contributed by atoms with E-state index >= 15 is 0 Å². The summed E-state index contributed by atoms with van der Waals surface area (Å²) in [6.45, 7) is 4.38. The first kappa shape index (κ1) is 13.5. The third-order valence-corrected chi connectivity index (χ3v) is 2.51. The van der Waals surface area contributed by atoms with Crippen LogP contribution in [0.2, 0.25) is 0 Å². The predicted molar refractivity (Wildman–Crippen MR) is 68.8 cm³/mol. The van der Waals surface area contributed by atoms with Gasteiger partial charge < -0.3 is 10.1 Å². The number of benzene rings is 1. The van der Waals surface area contributed by atoms with Crippen LogP contribution in [0.25, 0.3) is 0 Å². The first-order valence-electron chi connectivity index (χ1n) is 5.74. The predicted octanol–water partition coefficient (Wildman–Crippen LogP) is 1.94. The molecule has 1 unspecified atom stereocenters. The summed E-state index contributed by atoms with van der Waals surface area (Å²) >= 11 is 0. The van der Waals surface area contributed by atoms with E-state index in [0.29, 0.717) is 6.42 Å². The Hall–Kier alpha value is -1.61. The molecule has 0 spiro atoms. The maximum absolute atomic E-state index is 11.6. The fourth-order valence-corrected chi connectivity index (χ4v) is 1.59.